The van der Waals surface area contributed by atoms with Gasteiger partial charge in [-0.25, -0.2) is 0 Å². The van der Waals surface area contributed by atoms with Crippen LogP contribution in [-0.2, 0) is 0 Å². The molecule has 1 atom stereocenters. The van der Waals surface area contributed by atoms with Gasteiger partial charge in [-0.15, -0.1) is 0 Å². The Hall–Kier alpha value is -0.930. The summed E-state index contributed by atoms with van der Waals surface area (Å²) in [7, 11) is 0. The van der Waals surface area contributed by atoms with E-state index in [2.05, 4.69) is 42.8 Å². The number of nitrogens with zero attached hydrogens (tertiary/aromatic N) is 2. The Bertz CT molecular complexity index is 367. The van der Waals surface area contributed by atoms with E-state index in [1.54, 1.807) is 0 Å². The quantitative estimate of drug-likeness (QED) is 0.893. The molecular formula is C15H24N2O. The van der Waals surface area contributed by atoms with E-state index < -0.39 is 0 Å². The van der Waals surface area contributed by atoms with Crippen molar-refractivity contribution < 1.29 is 5.11 Å². The highest BCUT2D eigenvalue weighted by Crippen LogP contribution is 2.24. The summed E-state index contributed by atoms with van der Waals surface area (Å²) in [6.45, 7) is 8.52. The van der Waals surface area contributed by atoms with Crippen molar-refractivity contribution in [1.82, 2.24) is 9.88 Å². The third-order valence-electron chi connectivity index (χ3n) is 3.93. The third-order valence-corrected chi connectivity index (χ3v) is 3.93. The monoisotopic (exact) mass is 248 g/mol. The molecule has 0 bridgehead atoms. The highest BCUT2D eigenvalue weighted by Gasteiger charge is 2.22. The minimum atomic E-state index is -0.102. The molecule has 1 saturated heterocycles. The van der Waals surface area contributed by atoms with Crippen molar-refractivity contribution in [1.29, 1.82) is 0 Å². The van der Waals surface area contributed by atoms with Crippen molar-refractivity contribution in [2.24, 2.45) is 0 Å². The lowest BCUT2D eigenvalue weighted by atomic mass is 10.0. The van der Waals surface area contributed by atoms with E-state index in [1.807, 2.05) is 6.20 Å². The first kappa shape index (κ1) is 13.5. The molecule has 1 fully saturated rings. The highest BCUT2D eigenvalue weighted by atomic mass is 16.3. The van der Waals surface area contributed by atoms with Crippen LogP contribution in [0.15, 0.2) is 18.3 Å². The number of piperidine rings is 1. The molecule has 1 aromatic heterocycles. The Morgan fingerprint density at radius 2 is 1.89 bits per heavy atom. The van der Waals surface area contributed by atoms with E-state index in [9.17, 15) is 5.11 Å². The van der Waals surface area contributed by atoms with E-state index in [0.29, 0.717) is 12.0 Å². The molecule has 1 aromatic rings. The van der Waals surface area contributed by atoms with Crippen molar-refractivity contribution in [3.05, 3.63) is 29.6 Å². The van der Waals surface area contributed by atoms with Crippen LogP contribution in [0.4, 0.5) is 0 Å². The predicted molar refractivity (Wildman–Crippen MR) is 73.6 cm³/mol. The molecule has 1 aliphatic heterocycles. The maximum absolute atomic E-state index is 9.54. The first-order valence-electron chi connectivity index (χ1n) is 6.96. The predicted octanol–water partition coefficient (Wildman–Crippen LogP) is 2.72. The molecule has 2 heterocycles. The fraction of sp³-hybridized carbons (Fsp3) is 0.667. The zero-order chi connectivity index (χ0) is 13.1. The van der Waals surface area contributed by atoms with Gasteiger partial charge in [-0.2, -0.15) is 0 Å². The van der Waals surface area contributed by atoms with Crippen LogP contribution in [0, 0.1) is 0 Å². The molecule has 3 heteroatoms. The molecule has 3 nitrogen and oxygen atoms in total. The number of likely N-dealkylation sites (tertiary alicyclic amines) is 1. The first-order valence-corrected chi connectivity index (χ1v) is 6.96. The Labute approximate surface area is 110 Å². The number of aliphatic hydroxyl groups is 1. The van der Waals surface area contributed by atoms with Gasteiger partial charge in [0.15, 0.2) is 0 Å². The average molecular weight is 248 g/mol. The van der Waals surface area contributed by atoms with Gasteiger partial charge in [0.1, 0.15) is 0 Å². The normalized spacial score (nSPS) is 20.3. The topological polar surface area (TPSA) is 36.4 Å². The first-order chi connectivity index (χ1) is 8.58. The summed E-state index contributed by atoms with van der Waals surface area (Å²) in [5.74, 6) is 0.486. The van der Waals surface area contributed by atoms with Gasteiger partial charge in [-0.05, 0) is 37.3 Å². The van der Waals surface area contributed by atoms with Crippen LogP contribution >= 0.6 is 0 Å². The maximum Gasteiger partial charge on any atom is 0.0564 e. The van der Waals surface area contributed by atoms with Gasteiger partial charge < -0.3 is 5.11 Å². The van der Waals surface area contributed by atoms with Crippen LogP contribution in [0.5, 0.6) is 0 Å². The Morgan fingerprint density at radius 3 is 2.39 bits per heavy atom. The van der Waals surface area contributed by atoms with Gasteiger partial charge in [0, 0.05) is 31.0 Å². The molecule has 1 aliphatic rings. The Balaban J connectivity index is 2.02. The fourth-order valence-electron chi connectivity index (χ4n) is 2.49. The molecule has 0 aliphatic carbocycles. The van der Waals surface area contributed by atoms with Crippen LogP contribution in [0.25, 0.3) is 0 Å². The van der Waals surface area contributed by atoms with Gasteiger partial charge in [-0.1, -0.05) is 19.9 Å². The fourth-order valence-corrected chi connectivity index (χ4v) is 2.49. The van der Waals surface area contributed by atoms with Gasteiger partial charge in [0.2, 0.25) is 0 Å². The summed E-state index contributed by atoms with van der Waals surface area (Å²) in [4.78, 5) is 6.96. The van der Waals surface area contributed by atoms with Crippen molar-refractivity contribution >= 4 is 0 Å². The SMILES string of the molecule is CC(C)c1ccc([C@@H](C)N2CCC(O)CC2)cn1. The Morgan fingerprint density at radius 1 is 1.22 bits per heavy atom. The number of aliphatic hydroxyl groups excluding tert-OH is 1. The van der Waals surface area contributed by atoms with E-state index in [-0.39, 0.29) is 6.10 Å². The minimum absolute atomic E-state index is 0.102. The van der Waals surface area contributed by atoms with Crippen LogP contribution in [-0.4, -0.2) is 34.2 Å². The van der Waals surface area contributed by atoms with Gasteiger partial charge in [0.05, 0.1) is 6.10 Å². The summed E-state index contributed by atoms with van der Waals surface area (Å²) >= 11 is 0. The lowest BCUT2D eigenvalue weighted by Gasteiger charge is -2.34. The van der Waals surface area contributed by atoms with Crippen molar-refractivity contribution in [2.45, 2.75) is 51.7 Å². The zero-order valence-electron chi connectivity index (χ0n) is 11.6. The standard InChI is InChI=1S/C15H24N2O/c1-11(2)15-5-4-13(10-16-15)12(3)17-8-6-14(18)7-9-17/h4-5,10-12,14,18H,6-9H2,1-3H3/t12-/m1/s1. The molecule has 0 spiro atoms. The lowest BCUT2D eigenvalue weighted by molar-refractivity contribution is 0.0644. The lowest BCUT2D eigenvalue weighted by Crippen LogP contribution is -2.37. The largest absolute Gasteiger partial charge is 0.393 e. The van der Waals surface area contributed by atoms with Crippen LogP contribution in [0.1, 0.15) is 56.8 Å². The summed E-state index contributed by atoms with van der Waals surface area (Å²) < 4.78 is 0. The van der Waals surface area contributed by atoms with E-state index in [1.165, 1.54) is 5.56 Å². The van der Waals surface area contributed by atoms with E-state index in [0.717, 1.165) is 31.6 Å². The molecule has 100 valence electrons. The van der Waals surface area contributed by atoms with Crippen molar-refractivity contribution in [3.63, 3.8) is 0 Å². The van der Waals surface area contributed by atoms with Gasteiger partial charge in [-0.3, -0.25) is 9.88 Å². The maximum atomic E-state index is 9.54. The van der Waals surface area contributed by atoms with Crippen molar-refractivity contribution in [2.75, 3.05) is 13.1 Å². The van der Waals surface area contributed by atoms with Gasteiger partial charge in [0.25, 0.3) is 0 Å². The zero-order valence-corrected chi connectivity index (χ0v) is 11.6. The molecule has 0 aromatic carbocycles. The number of aromatic nitrogens is 1. The summed E-state index contributed by atoms with van der Waals surface area (Å²) in [6.07, 6.45) is 3.68. The molecule has 0 amide bonds. The second-order valence-corrected chi connectivity index (χ2v) is 5.61. The summed E-state index contributed by atoms with van der Waals surface area (Å²) in [5.41, 5.74) is 2.43. The number of hydrogen-bond acceptors (Lipinski definition) is 3. The molecule has 0 unspecified atom stereocenters. The molecule has 1 N–H and O–H groups in total. The number of pyridine rings is 1. The van der Waals surface area contributed by atoms with E-state index >= 15 is 0 Å². The number of rotatable bonds is 3. The molecule has 2 rings (SSSR count). The Kier molecular flexibility index (Phi) is 4.36. The molecule has 18 heavy (non-hydrogen) atoms. The summed E-state index contributed by atoms with van der Waals surface area (Å²) in [5, 5.41) is 9.54. The minimum Gasteiger partial charge on any atom is -0.393 e. The van der Waals surface area contributed by atoms with E-state index in [4.69, 9.17) is 0 Å². The van der Waals surface area contributed by atoms with Crippen LogP contribution < -0.4 is 0 Å². The number of hydrogen-bond donors (Lipinski definition) is 1. The van der Waals surface area contributed by atoms with Crippen molar-refractivity contribution in [3.8, 4) is 0 Å². The highest BCUT2D eigenvalue weighted by molar-refractivity contribution is 5.19. The van der Waals surface area contributed by atoms with Gasteiger partial charge >= 0.3 is 0 Å². The molecule has 0 saturated carbocycles. The molecule has 0 radical (unpaired) electrons. The van der Waals surface area contributed by atoms with Crippen LogP contribution in [0.2, 0.25) is 0 Å². The molecular weight excluding hydrogens is 224 g/mol. The van der Waals surface area contributed by atoms with Crippen LogP contribution in [0.3, 0.4) is 0 Å². The average Bonchev–Trinajstić information content (AvgIpc) is 2.39. The third kappa shape index (κ3) is 3.09. The summed E-state index contributed by atoms with van der Waals surface area (Å²) in [6, 6.07) is 4.72. The second kappa shape index (κ2) is 5.81. The smallest absolute Gasteiger partial charge is 0.0564 e. The second-order valence-electron chi connectivity index (χ2n) is 5.61.